The molecule has 0 unspecified atom stereocenters. The van der Waals surface area contributed by atoms with Crippen LogP contribution in [0.1, 0.15) is 12.0 Å². The maximum absolute atomic E-state index is 11.7. The minimum atomic E-state index is -0.215. The first-order valence-corrected chi connectivity index (χ1v) is 11.0. The van der Waals surface area contributed by atoms with Crippen LogP contribution in [0.2, 0.25) is 0 Å². The van der Waals surface area contributed by atoms with Gasteiger partial charge in [-0.15, -0.1) is 0 Å². The van der Waals surface area contributed by atoms with Crippen molar-refractivity contribution in [2.45, 2.75) is 12.8 Å². The number of fused-ring (bicyclic) bond motifs is 2. The first-order valence-electron chi connectivity index (χ1n) is 11.0. The summed E-state index contributed by atoms with van der Waals surface area (Å²) in [4.78, 5) is 27.5. The summed E-state index contributed by atoms with van der Waals surface area (Å²) in [7, 11) is 0. The van der Waals surface area contributed by atoms with Gasteiger partial charge >= 0.3 is 0 Å². The van der Waals surface area contributed by atoms with E-state index in [-0.39, 0.29) is 11.1 Å². The molecule has 3 aromatic heterocycles. The minimum absolute atomic E-state index is 0.0770. The second kappa shape index (κ2) is 9.50. The second-order valence-electron chi connectivity index (χ2n) is 7.82. The van der Waals surface area contributed by atoms with Gasteiger partial charge in [-0.1, -0.05) is 60.7 Å². The van der Waals surface area contributed by atoms with E-state index in [0.717, 1.165) is 47.5 Å². The molecular formula is C26H22N6O2. The van der Waals surface area contributed by atoms with Crippen molar-refractivity contribution in [2.24, 2.45) is 0 Å². The number of anilines is 1. The van der Waals surface area contributed by atoms with E-state index in [0.29, 0.717) is 16.6 Å². The molecule has 5 aromatic rings. The van der Waals surface area contributed by atoms with Crippen LogP contribution in [0.25, 0.3) is 33.4 Å². The number of hydrogen-bond acceptors (Lipinski definition) is 6. The quantitative estimate of drug-likeness (QED) is 0.377. The van der Waals surface area contributed by atoms with Gasteiger partial charge in [0.25, 0.3) is 11.1 Å². The molecule has 0 radical (unpaired) electrons. The summed E-state index contributed by atoms with van der Waals surface area (Å²) in [6, 6.07) is 23.1. The SMILES string of the molecule is O=c1[nH]nc(-c2ccccc2)c2c1CCCN2.O=c1[nH]nc(-c2ccccc2)c2ncccc12. The molecule has 1 aliphatic rings. The van der Waals surface area contributed by atoms with Crippen LogP contribution in [0.15, 0.2) is 88.6 Å². The highest BCUT2D eigenvalue weighted by molar-refractivity contribution is 5.90. The molecule has 0 saturated heterocycles. The van der Waals surface area contributed by atoms with Crippen LogP contribution < -0.4 is 16.4 Å². The van der Waals surface area contributed by atoms with Crippen LogP contribution in [0.5, 0.6) is 0 Å². The van der Waals surface area contributed by atoms with Crippen molar-refractivity contribution >= 4 is 16.6 Å². The number of hydrogen-bond donors (Lipinski definition) is 3. The van der Waals surface area contributed by atoms with E-state index >= 15 is 0 Å². The Balaban J connectivity index is 0.000000142. The number of aromatic amines is 2. The fourth-order valence-corrected chi connectivity index (χ4v) is 3.99. The monoisotopic (exact) mass is 450 g/mol. The molecule has 0 aliphatic carbocycles. The number of H-pyrrole nitrogens is 2. The van der Waals surface area contributed by atoms with E-state index in [9.17, 15) is 9.59 Å². The van der Waals surface area contributed by atoms with Crippen LogP contribution >= 0.6 is 0 Å². The average molecular weight is 451 g/mol. The van der Waals surface area contributed by atoms with Crippen molar-refractivity contribution in [1.82, 2.24) is 25.4 Å². The molecule has 2 aromatic carbocycles. The molecule has 8 heteroatoms. The highest BCUT2D eigenvalue weighted by Crippen LogP contribution is 2.29. The maximum Gasteiger partial charge on any atom is 0.273 e. The molecule has 6 rings (SSSR count). The Morgan fingerprint density at radius 2 is 1.35 bits per heavy atom. The van der Waals surface area contributed by atoms with Gasteiger partial charge in [-0.25, -0.2) is 10.2 Å². The van der Waals surface area contributed by atoms with Crippen LogP contribution in [0.4, 0.5) is 5.69 Å². The first kappa shape index (κ1) is 21.3. The summed E-state index contributed by atoms with van der Waals surface area (Å²) in [6.45, 7) is 0.901. The lowest BCUT2D eigenvalue weighted by Crippen LogP contribution is -2.24. The van der Waals surface area contributed by atoms with Crippen molar-refractivity contribution < 1.29 is 0 Å². The lowest BCUT2D eigenvalue weighted by molar-refractivity contribution is 0.799. The van der Waals surface area contributed by atoms with Gasteiger partial charge in [0.05, 0.1) is 11.1 Å². The third-order valence-corrected chi connectivity index (χ3v) is 5.63. The fraction of sp³-hybridized carbons (Fsp3) is 0.115. The van der Waals surface area contributed by atoms with Crippen molar-refractivity contribution in [3.8, 4) is 22.5 Å². The topological polar surface area (TPSA) is 116 Å². The molecule has 0 atom stereocenters. The number of pyridine rings is 1. The van der Waals surface area contributed by atoms with E-state index in [1.807, 2.05) is 60.7 Å². The van der Waals surface area contributed by atoms with Crippen LogP contribution in [0, 0.1) is 0 Å². The van der Waals surface area contributed by atoms with Crippen molar-refractivity contribution in [3.05, 3.63) is 105 Å². The van der Waals surface area contributed by atoms with E-state index in [1.165, 1.54) is 0 Å². The zero-order valence-electron chi connectivity index (χ0n) is 18.3. The zero-order valence-corrected chi connectivity index (χ0v) is 18.3. The second-order valence-corrected chi connectivity index (χ2v) is 7.82. The summed E-state index contributed by atoms with van der Waals surface area (Å²) in [5, 5.41) is 17.2. The molecule has 8 nitrogen and oxygen atoms in total. The fourth-order valence-electron chi connectivity index (χ4n) is 3.99. The smallest absolute Gasteiger partial charge is 0.273 e. The highest BCUT2D eigenvalue weighted by atomic mass is 16.1. The molecule has 4 heterocycles. The van der Waals surface area contributed by atoms with Gasteiger partial charge in [0.1, 0.15) is 16.9 Å². The Labute approximate surface area is 194 Å². The predicted octanol–water partition coefficient (Wildman–Crippen LogP) is 3.78. The summed E-state index contributed by atoms with van der Waals surface area (Å²) in [6.07, 6.45) is 3.48. The molecule has 168 valence electrons. The molecule has 0 spiro atoms. The number of nitrogens with one attached hydrogen (secondary N) is 3. The van der Waals surface area contributed by atoms with E-state index in [1.54, 1.807) is 18.3 Å². The number of benzene rings is 2. The van der Waals surface area contributed by atoms with Crippen LogP contribution in [0.3, 0.4) is 0 Å². The van der Waals surface area contributed by atoms with Crippen molar-refractivity contribution in [1.29, 1.82) is 0 Å². The van der Waals surface area contributed by atoms with Gasteiger partial charge in [-0.2, -0.15) is 10.2 Å². The molecule has 1 aliphatic heterocycles. The molecule has 0 amide bonds. The largest absolute Gasteiger partial charge is 0.383 e. The third kappa shape index (κ3) is 4.21. The highest BCUT2D eigenvalue weighted by Gasteiger charge is 2.18. The molecule has 34 heavy (non-hydrogen) atoms. The number of aromatic nitrogens is 5. The van der Waals surface area contributed by atoms with Gasteiger partial charge in [0.15, 0.2) is 0 Å². The summed E-state index contributed by atoms with van der Waals surface area (Å²) < 4.78 is 0. The number of nitrogens with zero attached hydrogens (tertiary/aromatic N) is 3. The summed E-state index contributed by atoms with van der Waals surface area (Å²) in [5.41, 5.74) is 5.54. The van der Waals surface area contributed by atoms with Gasteiger partial charge in [0, 0.05) is 29.4 Å². The maximum atomic E-state index is 11.7. The predicted molar refractivity (Wildman–Crippen MR) is 133 cm³/mol. The lowest BCUT2D eigenvalue weighted by atomic mass is 10.0. The lowest BCUT2D eigenvalue weighted by Gasteiger charge is -2.19. The van der Waals surface area contributed by atoms with Gasteiger partial charge in [-0.3, -0.25) is 14.6 Å². The van der Waals surface area contributed by atoms with Crippen molar-refractivity contribution in [3.63, 3.8) is 0 Å². The number of rotatable bonds is 2. The summed E-state index contributed by atoms with van der Waals surface area (Å²) in [5.74, 6) is 0. The molecule has 0 bridgehead atoms. The minimum Gasteiger partial charge on any atom is -0.383 e. The molecular weight excluding hydrogens is 428 g/mol. The normalized spacial score (nSPS) is 12.2. The Morgan fingerprint density at radius 3 is 2.09 bits per heavy atom. The van der Waals surface area contributed by atoms with E-state index in [4.69, 9.17) is 0 Å². The zero-order chi connectivity index (χ0) is 23.3. The van der Waals surface area contributed by atoms with Crippen LogP contribution in [-0.2, 0) is 6.42 Å². The third-order valence-electron chi connectivity index (χ3n) is 5.63. The first-order chi connectivity index (χ1) is 16.7. The average Bonchev–Trinajstić information content (AvgIpc) is 2.91. The van der Waals surface area contributed by atoms with Crippen molar-refractivity contribution in [2.75, 3.05) is 11.9 Å². The summed E-state index contributed by atoms with van der Waals surface area (Å²) >= 11 is 0. The van der Waals surface area contributed by atoms with E-state index < -0.39 is 0 Å². The van der Waals surface area contributed by atoms with Gasteiger partial charge in [-0.05, 0) is 25.0 Å². The Morgan fingerprint density at radius 1 is 0.706 bits per heavy atom. The van der Waals surface area contributed by atoms with Gasteiger partial charge in [0.2, 0.25) is 0 Å². The Hall–Kier alpha value is -4.59. The Bertz CT molecular complexity index is 1550. The van der Waals surface area contributed by atoms with Crippen LogP contribution in [-0.4, -0.2) is 31.9 Å². The van der Waals surface area contributed by atoms with E-state index in [2.05, 4.69) is 30.7 Å². The Kier molecular flexibility index (Phi) is 5.94. The molecule has 3 N–H and O–H groups in total. The molecule has 0 saturated carbocycles. The molecule has 0 fully saturated rings. The standard InChI is InChI=1S/C13H13N3O.C13H9N3O/c2*17-13-10-7-4-8-14-12(10)11(15-16-13)9-5-2-1-3-6-9/h1-3,5-6,14H,4,7-8H2,(H,16,17);1-8H,(H,16,17). The van der Waals surface area contributed by atoms with Gasteiger partial charge < -0.3 is 5.32 Å².